The largest absolute Gasteiger partial charge is 1.00 e. The highest BCUT2D eigenvalue weighted by molar-refractivity contribution is 5.74. The van der Waals surface area contributed by atoms with Crippen LogP contribution in [-0.2, 0) is 6.42 Å². The Balaban J connectivity index is 0.00000120. The number of halogens is 1. The summed E-state index contributed by atoms with van der Waals surface area (Å²) in [5, 5.41) is 0. The molecule has 1 aliphatic heterocycles. The molecular formula is C14H14ClN3. The normalized spacial score (nSPS) is 16.3. The molecule has 0 aromatic heterocycles. The van der Waals surface area contributed by atoms with Gasteiger partial charge in [-0.1, -0.05) is 6.07 Å². The number of nitrogens with two attached hydrogens (primary N) is 2. The number of hydrogen-bond acceptors (Lipinski definition) is 3. The second-order valence-electron chi connectivity index (χ2n) is 4.36. The fourth-order valence-electron chi connectivity index (χ4n) is 2.40. The summed E-state index contributed by atoms with van der Waals surface area (Å²) in [4.78, 5) is 2.14. The lowest BCUT2D eigenvalue weighted by Gasteiger charge is -2.28. The van der Waals surface area contributed by atoms with E-state index in [1.54, 1.807) is 0 Å². The summed E-state index contributed by atoms with van der Waals surface area (Å²) in [5.74, 6) is 0. The van der Waals surface area contributed by atoms with E-state index in [0.717, 1.165) is 34.6 Å². The van der Waals surface area contributed by atoms with Crippen LogP contribution in [0.25, 0.3) is 0 Å². The zero-order chi connectivity index (χ0) is 12.0. The molecule has 0 amide bonds. The fourth-order valence-corrected chi connectivity index (χ4v) is 2.40. The molecule has 0 fully saturated rings. The molecule has 0 spiro atoms. The van der Waals surface area contributed by atoms with Gasteiger partial charge in [0.2, 0.25) is 5.70 Å². The van der Waals surface area contributed by atoms with Crippen LogP contribution in [0, 0.1) is 6.08 Å². The average Bonchev–Trinajstić information content (AvgIpc) is 2.30. The van der Waals surface area contributed by atoms with E-state index < -0.39 is 0 Å². The monoisotopic (exact) mass is 259 g/mol. The Bertz CT molecular complexity index is 585. The quantitative estimate of drug-likeness (QED) is 0.452. The Morgan fingerprint density at radius 3 is 2.78 bits per heavy atom. The molecule has 18 heavy (non-hydrogen) atoms. The highest BCUT2D eigenvalue weighted by Crippen LogP contribution is 2.38. The highest BCUT2D eigenvalue weighted by Gasteiger charge is 2.31. The molecule has 4 N–H and O–H groups in total. The van der Waals surface area contributed by atoms with Crippen LogP contribution < -0.4 is 28.8 Å². The first kappa shape index (κ1) is 12.5. The predicted molar refractivity (Wildman–Crippen MR) is 70.1 cm³/mol. The molecule has 0 saturated carbocycles. The van der Waals surface area contributed by atoms with Crippen LogP contribution in [0.4, 0.5) is 11.4 Å². The lowest BCUT2D eigenvalue weighted by atomic mass is 9.91. The van der Waals surface area contributed by atoms with E-state index in [1.165, 1.54) is 0 Å². The van der Waals surface area contributed by atoms with E-state index in [9.17, 15) is 0 Å². The SMILES string of the molecule is CN1C2=CC=C(N)[C+]=C2Cc2c(N)cccc21.[Cl-]. The first-order valence-electron chi connectivity index (χ1n) is 5.58. The molecule has 1 aliphatic carbocycles. The zero-order valence-electron chi connectivity index (χ0n) is 10.1. The topological polar surface area (TPSA) is 55.3 Å². The lowest BCUT2D eigenvalue weighted by Crippen LogP contribution is -3.00. The van der Waals surface area contributed by atoms with Crippen molar-refractivity contribution in [2.24, 2.45) is 5.73 Å². The Morgan fingerprint density at radius 1 is 1.22 bits per heavy atom. The molecule has 1 aromatic carbocycles. The van der Waals surface area contributed by atoms with E-state index in [1.807, 2.05) is 31.3 Å². The Labute approximate surface area is 113 Å². The van der Waals surface area contributed by atoms with Crippen molar-refractivity contribution in [2.45, 2.75) is 6.42 Å². The first-order chi connectivity index (χ1) is 8.16. The molecule has 4 heteroatoms. The van der Waals surface area contributed by atoms with Crippen LogP contribution in [0.3, 0.4) is 0 Å². The minimum atomic E-state index is 0. The van der Waals surface area contributed by atoms with Crippen LogP contribution in [0.2, 0.25) is 0 Å². The van der Waals surface area contributed by atoms with Gasteiger partial charge in [-0.2, -0.15) is 0 Å². The Hall–Kier alpha value is -1.96. The van der Waals surface area contributed by atoms with Crippen LogP contribution >= 0.6 is 0 Å². The van der Waals surface area contributed by atoms with E-state index in [-0.39, 0.29) is 12.4 Å². The molecule has 3 rings (SSSR count). The molecule has 0 unspecified atom stereocenters. The van der Waals surface area contributed by atoms with Crippen LogP contribution in [-0.4, -0.2) is 7.05 Å². The van der Waals surface area contributed by atoms with E-state index in [0.29, 0.717) is 5.70 Å². The number of fused-ring (bicyclic) bond motifs is 2. The maximum atomic E-state index is 6.03. The van der Waals surface area contributed by atoms with Gasteiger partial charge in [0.15, 0.2) is 5.70 Å². The summed E-state index contributed by atoms with van der Waals surface area (Å²) >= 11 is 0. The van der Waals surface area contributed by atoms with Crippen molar-refractivity contribution in [3.8, 4) is 0 Å². The number of likely N-dealkylation sites (N-methyl/N-ethyl adjacent to an activating group) is 1. The molecule has 0 atom stereocenters. The molecule has 1 aromatic rings. The number of allylic oxidation sites excluding steroid dienone is 4. The van der Waals surface area contributed by atoms with Gasteiger partial charge < -0.3 is 23.9 Å². The van der Waals surface area contributed by atoms with Crippen LogP contribution in [0.1, 0.15) is 5.56 Å². The number of rotatable bonds is 0. The van der Waals surface area contributed by atoms with Gasteiger partial charge in [-0.05, 0) is 12.1 Å². The predicted octanol–water partition coefficient (Wildman–Crippen LogP) is -1.27. The van der Waals surface area contributed by atoms with Crippen LogP contribution in [0.15, 0.2) is 47.3 Å². The molecular weight excluding hydrogens is 246 g/mol. The second kappa shape index (κ2) is 4.37. The van der Waals surface area contributed by atoms with Crippen LogP contribution in [0.5, 0.6) is 0 Å². The van der Waals surface area contributed by atoms with Crippen molar-refractivity contribution in [3.05, 3.63) is 59.0 Å². The summed E-state index contributed by atoms with van der Waals surface area (Å²) in [5.41, 5.74) is 17.9. The minimum absolute atomic E-state index is 0. The molecule has 0 radical (unpaired) electrons. The zero-order valence-corrected chi connectivity index (χ0v) is 10.8. The number of benzene rings is 1. The van der Waals surface area contributed by atoms with Gasteiger partial charge in [-0.25, -0.2) is 0 Å². The van der Waals surface area contributed by atoms with E-state index in [2.05, 4.69) is 17.0 Å². The summed E-state index contributed by atoms with van der Waals surface area (Å²) < 4.78 is 0. The van der Waals surface area contributed by atoms with E-state index >= 15 is 0 Å². The third-order valence-corrected chi connectivity index (χ3v) is 3.29. The third-order valence-electron chi connectivity index (χ3n) is 3.29. The van der Waals surface area contributed by atoms with E-state index in [4.69, 9.17) is 11.5 Å². The smallest absolute Gasteiger partial charge is 0.200 e. The minimum Gasteiger partial charge on any atom is -1.00 e. The van der Waals surface area contributed by atoms with Crippen molar-refractivity contribution in [2.75, 3.05) is 17.7 Å². The van der Waals surface area contributed by atoms with Crippen molar-refractivity contribution >= 4 is 11.4 Å². The molecule has 92 valence electrons. The van der Waals surface area contributed by atoms with Crippen molar-refractivity contribution < 1.29 is 12.4 Å². The molecule has 0 bridgehead atoms. The molecule has 1 heterocycles. The highest BCUT2D eigenvalue weighted by atomic mass is 35.5. The Kier molecular flexibility index (Phi) is 3.04. The van der Waals surface area contributed by atoms with Gasteiger partial charge in [0.05, 0.1) is 23.9 Å². The van der Waals surface area contributed by atoms with Gasteiger partial charge in [0.1, 0.15) is 5.57 Å². The molecule has 3 nitrogen and oxygen atoms in total. The Morgan fingerprint density at radius 2 is 2.00 bits per heavy atom. The second-order valence-corrected chi connectivity index (χ2v) is 4.36. The summed E-state index contributed by atoms with van der Waals surface area (Å²) in [6.45, 7) is 0. The van der Waals surface area contributed by atoms with Gasteiger partial charge in [-0.3, -0.25) is 4.90 Å². The summed E-state index contributed by atoms with van der Waals surface area (Å²) in [7, 11) is 2.04. The first-order valence-corrected chi connectivity index (χ1v) is 5.58. The standard InChI is InChI=1S/C14H14N3.ClH/c1-17-13-6-5-10(15)7-9(13)8-11-12(16)3-2-4-14(11)17;/h2-6H,8,15-16H2,1H3;1H/q+1;/p-1. The number of hydrogen-bond donors (Lipinski definition) is 2. The number of nitrogens with zero attached hydrogens (tertiary/aromatic N) is 1. The molecule has 0 saturated heterocycles. The van der Waals surface area contributed by atoms with Gasteiger partial charge >= 0.3 is 0 Å². The maximum Gasteiger partial charge on any atom is 0.200 e. The maximum absolute atomic E-state index is 6.03. The summed E-state index contributed by atoms with van der Waals surface area (Å²) in [6.07, 6.45) is 7.92. The lowest BCUT2D eigenvalue weighted by molar-refractivity contribution is -0.00000350. The summed E-state index contributed by atoms with van der Waals surface area (Å²) in [6, 6.07) is 6.01. The van der Waals surface area contributed by atoms with Gasteiger partial charge in [0, 0.05) is 24.7 Å². The van der Waals surface area contributed by atoms with Crippen molar-refractivity contribution in [3.63, 3.8) is 0 Å². The van der Waals surface area contributed by atoms with Gasteiger partial charge in [-0.15, -0.1) is 0 Å². The molecule has 2 aliphatic rings. The third kappa shape index (κ3) is 1.74. The number of nitrogen functional groups attached to an aromatic ring is 1. The van der Waals surface area contributed by atoms with Gasteiger partial charge in [0.25, 0.3) is 0 Å². The average molecular weight is 260 g/mol. The van der Waals surface area contributed by atoms with Crippen molar-refractivity contribution in [1.29, 1.82) is 0 Å². The fraction of sp³-hybridized carbons (Fsp3) is 0.143. The van der Waals surface area contributed by atoms with Crippen molar-refractivity contribution in [1.82, 2.24) is 0 Å². The number of anilines is 2.